The summed E-state index contributed by atoms with van der Waals surface area (Å²) in [6, 6.07) is 5.04. The Morgan fingerprint density at radius 3 is 2.88 bits per heavy atom. The number of anilines is 1. The normalized spacial score (nSPS) is 11.5. The lowest BCUT2D eigenvalue weighted by atomic mass is 10.2. The zero-order chi connectivity index (χ0) is 18.8. The number of fused-ring (bicyclic) bond motifs is 1. The van der Waals surface area contributed by atoms with Crippen LogP contribution in [0.2, 0.25) is 0 Å². The standard InChI is InChI=1S/C16H17BrN6O3/c1-3-6-23-12-13(22(2)16(26)20-14(12)25)19-15(23)21-18-8-9-4-5-10(17)7-11(9)24/h4-5,7-8,24H,3,6H2,1-2H3,(H,19,21)(H,20,25,26). The maximum absolute atomic E-state index is 12.2. The van der Waals surface area contributed by atoms with Crippen LogP contribution in [0.15, 0.2) is 37.4 Å². The fraction of sp³-hybridized carbons (Fsp3) is 0.250. The van der Waals surface area contributed by atoms with E-state index < -0.39 is 11.2 Å². The smallest absolute Gasteiger partial charge is 0.329 e. The summed E-state index contributed by atoms with van der Waals surface area (Å²) in [5.74, 6) is 0.409. The van der Waals surface area contributed by atoms with E-state index in [1.165, 1.54) is 17.8 Å². The second kappa shape index (κ2) is 7.16. The first-order valence-corrected chi connectivity index (χ1v) is 8.68. The minimum atomic E-state index is -0.529. The Morgan fingerprint density at radius 2 is 2.19 bits per heavy atom. The van der Waals surface area contributed by atoms with Gasteiger partial charge in [-0.05, 0) is 24.6 Å². The maximum atomic E-state index is 12.2. The molecule has 26 heavy (non-hydrogen) atoms. The summed E-state index contributed by atoms with van der Waals surface area (Å²) in [5, 5.41) is 14.0. The molecule has 0 saturated heterocycles. The number of imidazole rings is 1. The molecule has 0 unspecified atom stereocenters. The third kappa shape index (κ3) is 3.27. The number of rotatable bonds is 5. The maximum Gasteiger partial charge on any atom is 0.329 e. The molecule has 136 valence electrons. The Balaban J connectivity index is 2.02. The van der Waals surface area contributed by atoms with E-state index >= 15 is 0 Å². The predicted octanol–water partition coefficient (Wildman–Crippen LogP) is 1.75. The summed E-state index contributed by atoms with van der Waals surface area (Å²) in [6.07, 6.45) is 2.21. The van der Waals surface area contributed by atoms with Crippen LogP contribution in [0.4, 0.5) is 5.95 Å². The average molecular weight is 421 g/mol. The van der Waals surface area contributed by atoms with Gasteiger partial charge in [-0.2, -0.15) is 10.1 Å². The Morgan fingerprint density at radius 1 is 1.42 bits per heavy atom. The summed E-state index contributed by atoms with van der Waals surface area (Å²) in [6.45, 7) is 2.49. The van der Waals surface area contributed by atoms with Gasteiger partial charge >= 0.3 is 5.69 Å². The largest absolute Gasteiger partial charge is 0.507 e. The van der Waals surface area contributed by atoms with Crippen LogP contribution in [-0.2, 0) is 13.6 Å². The van der Waals surface area contributed by atoms with Crippen molar-refractivity contribution in [1.29, 1.82) is 0 Å². The quantitative estimate of drug-likeness (QED) is 0.429. The van der Waals surface area contributed by atoms with Gasteiger partial charge in [-0.1, -0.05) is 22.9 Å². The van der Waals surface area contributed by atoms with Crippen molar-refractivity contribution in [3.8, 4) is 5.75 Å². The van der Waals surface area contributed by atoms with E-state index in [1.807, 2.05) is 6.92 Å². The number of aromatic nitrogens is 4. The number of hydrogen-bond acceptors (Lipinski definition) is 6. The van der Waals surface area contributed by atoms with Crippen LogP contribution < -0.4 is 16.7 Å². The molecule has 0 spiro atoms. The van der Waals surface area contributed by atoms with E-state index in [0.717, 1.165) is 10.9 Å². The lowest BCUT2D eigenvalue weighted by molar-refractivity contribution is 0.474. The summed E-state index contributed by atoms with van der Waals surface area (Å²) < 4.78 is 3.70. The van der Waals surface area contributed by atoms with E-state index in [4.69, 9.17) is 0 Å². The molecule has 3 N–H and O–H groups in total. The van der Waals surface area contributed by atoms with Gasteiger partial charge < -0.3 is 9.67 Å². The molecule has 0 radical (unpaired) electrons. The fourth-order valence-corrected chi connectivity index (χ4v) is 2.90. The monoisotopic (exact) mass is 420 g/mol. The first-order valence-electron chi connectivity index (χ1n) is 7.89. The van der Waals surface area contributed by atoms with E-state index in [2.05, 4.69) is 36.4 Å². The number of phenolic OH excluding ortho intramolecular Hbond substituents is 1. The number of aryl methyl sites for hydroxylation is 2. The molecule has 0 saturated carbocycles. The van der Waals surface area contributed by atoms with Crippen molar-refractivity contribution in [2.24, 2.45) is 12.1 Å². The summed E-state index contributed by atoms with van der Waals surface area (Å²) >= 11 is 3.27. The van der Waals surface area contributed by atoms with E-state index in [0.29, 0.717) is 23.6 Å². The number of halogens is 1. The second-order valence-corrected chi connectivity index (χ2v) is 6.57. The number of aromatic hydroxyl groups is 1. The van der Waals surface area contributed by atoms with Crippen LogP contribution >= 0.6 is 15.9 Å². The number of hydrazone groups is 1. The van der Waals surface area contributed by atoms with E-state index in [9.17, 15) is 14.7 Å². The molecule has 0 bridgehead atoms. The van der Waals surface area contributed by atoms with Crippen LogP contribution in [0, 0.1) is 0 Å². The number of phenols is 1. The van der Waals surface area contributed by atoms with Crippen molar-refractivity contribution in [1.82, 2.24) is 19.1 Å². The third-order valence-electron chi connectivity index (χ3n) is 3.81. The van der Waals surface area contributed by atoms with Gasteiger partial charge in [0.15, 0.2) is 11.2 Å². The molecule has 2 heterocycles. The molecule has 0 fully saturated rings. The molecule has 1 aromatic carbocycles. The molecule has 2 aromatic heterocycles. The number of benzene rings is 1. The van der Waals surface area contributed by atoms with Gasteiger partial charge in [-0.15, -0.1) is 0 Å². The zero-order valence-electron chi connectivity index (χ0n) is 14.2. The third-order valence-corrected chi connectivity index (χ3v) is 4.31. The van der Waals surface area contributed by atoms with Gasteiger partial charge in [-0.25, -0.2) is 10.2 Å². The van der Waals surface area contributed by atoms with Crippen molar-refractivity contribution in [2.75, 3.05) is 5.43 Å². The SMILES string of the molecule is CCCn1c(NN=Cc2ccc(Br)cc2O)nc2c1c(=O)[nH]c(=O)n2C. The summed E-state index contributed by atoms with van der Waals surface area (Å²) in [7, 11) is 1.54. The number of nitrogens with one attached hydrogen (secondary N) is 2. The zero-order valence-corrected chi connectivity index (χ0v) is 15.7. The molecular formula is C16H17BrN6O3. The lowest BCUT2D eigenvalue weighted by Gasteiger charge is -2.06. The molecule has 0 amide bonds. The first-order chi connectivity index (χ1) is 12.4. The molecule has 0 aliphatic carbocycles. The highest BCUT2D eigenvalue weighted by Crippen LogP contribution is 2.21. The van der Waals surface area contributed by atoms with Crippen molar-refractivity contribution in [3.05, 3.63) is 49.1 Å². The lowest BCUT2D eigenvalue weighted by Crippen LogP contribution is -2.29. The topological polar surface area (TPSA) is 117 Å². The van der Waals surface area contributed by atoms with E-state index in [-0.39, 0.29) is 11.4 Å². The Kier molecular flexibility index (Phi) is 4.94. The highest BCUT2D eigenvalue weighted by molar-refractivity contribution is 9.10. The Labute approximate surface area is 156 Å². The molecule has 0 aliphatic rings. The van der Waals surface area contributed by atoms with Crippen molar-refractivity contribution in [3.63, 3.8) is 0 Å². The Bertz CT molecular complexity index is 1110. The number of hydrogen-bond donors (Lipinski definition) is 3. The van der Waals surface area contributed by atoms with Crippen molar-refractivity contribution in [2.45, 2.75) is 19.9 Å². The highest BCUT2D eigenvalue weighted by Gasteiger charge is 2.16. The van der Waals surface area contributed by atoms with Gasteiger partial charge in [0, 0.05) is 23.6 Å². The minimum Gasteiger partial charge on any atom is -0.507 e. The van der Waals surface area contributed by atoms with Crippen molar-refractivity contribution >= 4 is 39.3 Å². The van der Waals surface area contributed by atoms with Crippen LogP contribution in [0.1, 0.15) is 18.9 Å². The fourth-order valence-electron chi connectivity index (χ4n) is 2.55. The molecule has 9 nitrogen and oxygen atoms in total. The van der Waals surface area contributed by atoms with Crippen LogP contribution in [0.5, 0.6) is 5.75 Å². The number of H-pyrrole nitrogens is 1. The summed E-state index contributed by atoms with van der Waals surface area (Å²) in [5.41, 5.74) is 2.85. The average Bonchev–Trinajstić information content (AvgIpc) is 2.94. The first kappa shape index (κ1) is 17.9. The van der Waals surface area contributed by atoms with Gasteiger partial charge in [-0.3, -0.25) is 14.3 Å². The molecule has 3 aromatic rings. The predicted molar refractivity (Wildman–Crippen MR) is 103 cm³/mol. The van der Waals surface area contributed by atoms with Gasteiger partial charge in [0.05, 0.1) is 6.21 Å². The number of aromatic amines is 1. The molecule has 0 atom stereocenters. The minimum absolute atomic E-state index is 0.0748. The van der Waals surface area contributed by atoms with Crippen molar-refractivity contribution < 1.29 is 5.11 Å². The molecule has 10 heteroatoms. The number of nitrogens with zero attached hydrogens (tertiary/aromatic N) is 4. The van der Waals surface area contributed by atoms with E-state index in [1.54, 1.807) is 22.8 Å². The Hall–Kier alpha value is -2.88. The van der Waals surface area contributed by atoms with Crippen LogP contribution in [-0.4, -0.2) is 30.4 Å². The van der Waals surface area contributed by atoms with Gasteiger partial charge in [0.1, 0.15) is 5.75 Å². The molecular weight excluding hydrogens is 404 g/mol. The highest BCUT2D eigenvalue weighted by atomic mass is 79.9. The van der Waals surface area contributed by atoms with Crippen LogP contribution in [0.25, 0.3) is 11.2 Å². The van der Waals surface area contributed by atoms with Crippen LogP contribution in [0.3, 0.4) is 0 Å². The van der Waals surface area contributed by atoms with Gasteiger partial charge in [0.2, 0.25) is 5.95 Å². The van der Waals surface area contributed by atoms with Gasteiger partial charge in [0.25, 0.3) is 5.56 Å². The molecule has 0 aliphatic heterocycles. The second-order valence-electron chi connectivity index (χ2n) is 5.65. The molecule has 3 rings (SSSR count). The summed E-state index contributed by atoms with van der Waals surface area (Å²) in [4.78, 5) is 30.6.